The molecule has 0 atom stereocenters. The Morgan fingerprint density at radius 2 is 2.32 bits per heavy atom. The molecule has 0 N–H and O–H groups in total. The van der Waals surface area contributed by atoms with Crippen molar-refractivity contribution in [1.29, 1.82) is 5.26 Å². The lowest BCUT2D eigenvalue weighted by atomic mass is 10.2. The number of rotatable bonds is 4. The summed E-state index contributed by atoms with van der Waals surface area (Å²) in [4.78, 5) is 6.44. The van der Waals surface area contributed by atoms with Crippen molar-refractivity contribution in [2.24, 2.45) is 0 Å². The minimum Gasteiger partial charge on any atom is -0.467 e. The van der Waals surface area contributed by atoms with Crippen molar-refractivity contribution in [1.82, 2.24) is 4.98 Å². The summed E-state index contributed by atoms with van der Waals surface area (Å²) in [6, 6.07) is 7.94. The minimum absolute atomic E-state index is 0.420. The Hall–Kier alpha value is -1.99. The number of hydrogen-bond donors (Lipinski definition) is 0. The van der Waals surface area contributed by atoms with E-state index >= 15 is 0 Å². The third-order valence-electron chi connectivity index (χ3n) is 3.16. The molecule has 1 aliphatic rings. The van der Waals surface area contributed by atoms with Crippen LogP contribution in [0.15, 0.2) is 35.1 Å². The van der Waals surface area contributed by atoms with Gasteiger partial charge in [0.1, 0.15) is 22.7 Å². The van der Waals surface area contributed by atoms with Crippen LogP contribution in [0.3, 0.4) is 0 Å². The van der Waals surface area contributed by atoms with Crippen LogP contribution in [-0.4, -0.2) is 11.0 Å². The van der Waals surface area contributed by atoms with Crippen LogP contribution in [0.2, 0.25) is 5.02 Å². The third kappa shape index (κ3) is 2.42. The van der Waals surface area contributed by atoms with Crippen molar-refractivity contribution >= 4 is 17.4 Å². The first kappa shape index (κ1) is 12.1. The lowest BCUT2D eigenvalue weighted by Crippen LogP contribution is -2.26. The summed E-state index contributed by atoms with van der Waals surface area (Å²) in [6.07, 6.45) is 5.52. The zero-order valence-electron chi connectivity index (χ0n) is 10.2. The van der Waals surface area contributed by atoms with Crippen molar-refractivity contribution in [3.8, 4) is 6.07 Å². The number of nitrogens with zero attached hydrogens (tertiary/aromatic N) is 3. The molecule has 2 heterocycles. The Morgan fingerprint density at radius 1 is 1.47 bits per heavy atom. The first-order valence-electron chi connectivity index (χ1n) is 6.13. The summed E-state index contributed by atoms with van der Waals surface area (Å²) in [7, 11) is 0. The highest BCUT2D eigenvalue weighted by molar-refractivity contribution is 6.34. The molecule has 1 aliphatic carbocycles. The van der Waals surface area contributed by atoms with Gasteiger partial charge in [-0.25, -0.2) is 4.98 Å². The topological polar surface area (TPSA) is 53.1 Å². The Bertz CT molecular complexity index is 614. The second kappa shape index (κ2) is 4.94. The maximum absolute atomic E-state index is 9.04. The van der Waals surface area contributed by atoms with E-state index in [1.165, 1.54) is 0 Å². The van der Waals surface area contributed by atoms with Crippen molar-refractivity contribution in [3.63, 3.8) is 0 Å². The molecule has 0 amide bonds. The van der Waals surface area contributed by atoms with Crippen molar-refractivity contribution in [2.45, 2.75) is 25.4 Å². The van der Waals surface area contributed by atoms with Gasteiger partial charge in [0.2, 0.25) is 0 Å². The lowest BCUT2D eigenvalue weighted by Gasteiger charge is -2.23. The molecule has 96 valence electrons. The smallest absolute Gasteiger partial charge is 0.149 e. The molecule has 4 nitrogen and oxygen atoms in total. The highest BCUT2D eigenvalue weighted by Crippen LogP contribution is 2.36. The minimum atomic E-state index is 0.420. The molecule has 0 bridgehead atoms. The number of nitriles is 1. The van der Waals surface area contributed by atoms with Gasteiger partial charge in [-0.15, -0.1) is 0 Å². The SMILES string of the molecule is N#Cc1ccnc(N(Cc2ccco2)C2CC2)c1Cl. The zero-order chi connectivity index (χ0) is 13.2. The molecule has 3 rings (SSSR count). The van der Waals surface area contributed by atoms with Gasteiger partial charge in [-0.3, -0.25) is 0 Å². The molecule has 5 heteroatoms. The maximum atomic E-state index is 9.04. The van der Waals surface area contributed by atoms with Gasteiger partial charge in [-0.05, 0) is 31.0 Å². The Kier molecular flexibility index (Phi) is 3.14. The second-order valence-electron chi connectivity index (χ2n) is 4.55. The monoisotopic (exact) mass is 273 g/mol. The van der Waals surface area contributed by atoms with E-state index in [1.54, 1.807) is 18.5 Å². The fourth-order valence-electron chi connectivity index (χ4n) is 2.05. The molecule has 19 heavy (non-hydrogen) atoms. The molecular weight excluding hydrogens is 262 g/mol. The van der Waals surface area contributed by atoms with Crippen molar-refractivity contribution in [3.05, 3.63) is 47.0 Å². The molecule has 0 spiro atoms. The predicted octanol–water partition coefficient (Wildman–Crippen LogP) is 3.37. The maximum Gasteiger partial charge on any atom is 0.149 e. The summed E-state index contributed by atoms with van der Waals surface area (Å²) in [5, 5.41) is 9.46. The molecule has 0 saturated heterocycles. The number of halogens is 1. The number of hydrogen-bond acceptors (Lipinski definition) is 4. The van der Waals surface area contributed by atoms with Gasteiger partial charge in [-0.2, -0.15) is 5.26 Å². The summed E-state index contributed by atoms with van der Waals surface area (Å²) in [5.74, 6) is 1.53. The Labute approximate surface area is 116 Å². The van der Waals surface area contributed by atoms with Gasteiger partial charge >= 0.3 is 0 Å². The van der Waals surface area contributed by atoms with Crippen molar-refractivity contribution < 1.29 is 4.42 Å². The van der Waals surface area contributed by atoms with Crippen LogP contribution < -0.4 is 4.90 Å². The highest BCUT2D eigenvalue weighted by atomic mass is 35.5. The van der Waals surface area contributed by atoms with E-state index in [0.717, 1.165) is 18.6 Å². The van der Waals surface area contributed by atoms with Crippen LogP contribution in [-0.2, 0) is 6.54 Å². The molecule has 2 aromatic rings. The summed E-state index contributed by atoms with van der Waals surface area (Å²) < 4.78 is 5.38. The number of aromatic nitrogens is 1. The molecule has 0 aliphatic heterocycles. The Balaban J connectivity index is 1.94. The van der Waals surface area contributed by atoms with E-state index in [1.807, 2.05) is 12.1 Å². The number of furan rings is 1. The van der Waals surface area contributed by atoms with Crippen LogP contribution in [0.4, 0.5) is 5.82 Å². The van der Waals surface area contributed by atoms with Crippen LogP contribution in [0.1, 0.15) is 24.2 Å². The predicted molar refractivity (Wildman–Crippen MR) is 71.9 cm³/mol. The van der Waals surface area contributed by atoms with E-state index < -0.39 is 0 Å². The molecule has 1 saturated carbocycles. The standard InChI is InChI=1S/C14H12ClN3O/c15-13-10(8-16)5-6-17-14(13)18(11-3-4-11)9-12-2-1-7-19-12/h1-2,5-7,11H,3-4,9H2. The molecule has 1 fully saturated rings. The first-order chi connectivity index (χ1) is 9.29. The summed E-state index contributed by atoms with van der Waals surface area (Å²) >= 11 is 6.26. The van der Waals surface area contributed by atoms with E-state index in [4.69, 9.17) is 21.3 Å². The largest absolute Gasteiger partial charge is 0.467 e. The fourth-order valence-corrected chi connectivity index (χ4v) is 2.32. The van der Waals surface area contributed by atoms with Gasteiger partial charge in [0.15, 0.2) is 0 Å². The van der Waals surface area contributed by atoms with Gasteiger partial charge < -0.3 is 9.32 Å². The van der Waals surface area contributed by atoms with Gasteiger partial charge in [0.05, 0.1) is 18.4 Å². The Morgan fingerprint density at radius 3 is 2.95 bits per heavy atom. The summed E-state index contributed by atoms with van der Waals surface area (Å²) in [6.45, 7) is 0.624. The normalized spacial score (nSPS) is 14.1. The van der Waals surface area contributed by atoms with Gasteiger partial charge in [0, 0.05) is 12.2 Å². The zero-order valence-corrected chi connectivity index (χ0v) is 11.0. The van der Waals surface area contributed by atoms with Crippen LogP contribution in [0.25, 0.3) is 0 Å². The third-order valence-corrected chi connectivity index (χ3v) is 3.53. The van der Waals surface area contributed by atoms with E-state index in [-0.39, 0.29) is 0 Å². The van der Waals surface area contributed by atoms with E-state index in [2.05, 4.69) is 16.0 Å². The number of pyridine rings is 1. The van der Waals surface area contributed by atoms with Crippen LogP contribution >= 0.6 is 11.6 Å². The quantitative estimate of drug-likeness (QED) is 0.857. The summed E-state index contributed by atoms with van der Waals surface area (Å²) in [5.41, 5.74) is 0.455. The lowest BCUT2D eigenvalue weighted by molar-refractivity contribution is 0.500. The van der Waals surface area contributed by atoms with Gasteiger partial charge in [0.25, 0.3) is 0 Å². The second-order valence-corrected chi connectivity index (χ2v) is 4.92. The first-order valence-corrected chi connectivity index (χ1v) is 6.51. The highest BCUT2D eigenvalue weighted by Gasteiger charge is 2.32. The molecule has 0 radical (unpaired) electrons. The van der Waals surface area contributed by atoms with Crippen LogP contribution in [0.5, 0.6) is 0 Å². The molecular formula is C14H12ClN3O. The average Bonchev–Trinajstić information content (AvgIpc) is 3.14. The molecule has 0 aromatic carbocycles. The average molecular weight is 274 g/mol. The van der Waals surface area contributed by atoms with Crippen molar-refractivity contribution in [2.75, 3.05) is 4.90 Å². The molecule has 0 unspecified atom stereocenters. The van der Waals surface area contributed by atoms with Gasteiger partial charge in [-0.1, -0.05) is 11.6 Å². The fraction of sp³-hybridized carbons (Fsp3) is 0.286. The van der Waals surface area contributed by atoms with E-state index in [9.17, 15) is 0 Å². The van der Waals surface area contributed by atoms with Crippen LogP contribution in [0, 0.1) is 11.3 Å². The molecule has 2 aromatic heterocycles. The van der Waals surface area contributed by atoms with E-state index in [0.29, 0.717) is 29.0 Å². The number of anilines is 1.